The summed E-state index contributed by atoms with van der Waals surface area (Å²) in [6.07, 6.45) is 1.45. The number of fused-ring (bicyclic) bond motifs is 2. The van der Waals surface area contributed by atoms with Crippen molar-refractivity contribution >= 4 is 35.3 Å². The summed E-state index contributed by atoms with van der Waals surface area (Å²) in [7, 11) is 0. The number of anilines is 1. The Balaban J connectivity index is 1.38. The highest BCUT2D eigenvalue weighted by Crippen LogP contribution is 2.37. The van der Waals surface area contributed by atoms with Crippen LogP contribution in [0.25, 0.3) is 0 Å². The minimum Gasteiger partial charge on any atom is -0.461 e. The highest BCUT2D eigenvalue weighted by atomic mass is 16.6. The molecule has 0 unspecified atom stereocenters. The number of aliphatic hydroxyl groups is 1. The van der Waals surface area contributed by atoms with Crippen molar-refractivity contribution in [2.24, 2.45) is 11.8 Å². The van der Waals surface area contributed by atoms with Crippen LogP contribution in [0.1, 0.15) is 73.1 Å². The minimum absolute atomic E-state index is 0.0597. The van der Waals surface area contributed by atoms with E-state index < -0.39 is 42.2 Å². The number of hydrogen-bond acceptors (Lipinski definition) is 8. The SMILES string of the molecule is C=CCOC(=O)C[C@H](C(=O)N[C@@H](C)C(=O)Cc1ccc(COC(=O)N2c3cc(C)c(C)cc3C(=O)N3C=C(C)C[C@H]3[C@@H]2O)cc1)C(C)C. The second-order valence-corrected chi connectivity index (χ2v) is 13.0. The Bertz CT molecular complexity index is 1610. The van der Waals surface area contributed by atoms with Crippen LogP contribution in [0.5, 0.6) is 0 Å². The Hall–Kier alpha value is -4.77. The maximum Gasteiger partial charge on any atom is 0.416 e. The first kappa shape index (κ1) is 36.1. The third-order valence-electron chi connectivity index (χ3n) is 8.89. The number of benzene rings is 2. The molecule has 0 radical (unpaired) electrons. The average molecular weight is 660 g/mol. The zero-order chi connectivity index (χ0) is 35.3. The minimum atomic E-state index is -1.32. The first-order valence-electron chi connectivity index (χ1n) is 16.1. The van der Waals surface area contributed by atoms with Crippen LogP contribution < -0.4 is 10.2 Å². The zero-order valence-corrected chi connectivity index (χ0v) is 28.4. The van der Waals surface area contributed by atoms with E-state index in [1.54, 1.807) is 49.5 Å². The number of Topliss-reactive ketones (excluding diaryl/α,β-unsaturated/α-hetero) is 1. The molecular weight excluding hydrogens is 614 g/mol. The number of nitrogens with zero attached hydrogens (tertiary/aromatic N) is 2. The molecule has 4 atom stereocenters. The molecule has 256 valence electrons. The summed E-state index contributed by atoms with van der Waals surface area (Å²) in [5.41, 5.74) is 4.64. The van der Waals surface area contributed by atoms with Crippen molar-refractivity contribution in [3.05, 3.63) is 88.6 Å². The van der Waals surface area contributed by atoms with Crippen molar-refractivity contribution in [2.75, 3.05) is 11.5 Å². The highest BCUT2D eigenvalue weighted by Gasteiger charge is 2.44. The quantitative estimate of drug-likeness (QED) is 0.242. The zero-order valence-electron chi connectivity index (χ0n) is 28.4. The van der Waals surface area contributed by atoms with E-state index >= 15 is 0 Å². The van der Waals surface area contributed by atoms with E-state index in [-0.39, 0.29) is 43.7 Å². The fourth-order valence-electron chi connectivity index (χ4n) is 5.85. The van der Waals surface area contributed by atoms with Gasteiger partial charge in [0.2, 0.25) is 5.91 Å². The van der Waals surface area contributed by atoms with Gasteiger partial charge in [-0.25, -0.2) is 9.69 Å². The molecule has 0 bridgehead atoms. The molecule has 0 saturated carbocycles. The third kappa shape index (κ3) is 8.20. The Morgan fingerprint density at radius 1 is 1.02 bits per heavy atom. The van der Waals surface area contributed by atoms with Crippen LogP contribution in [0.4, 0.5) is 10.5 Å². The predicted octanol–water partition coefficient (Wildman–Crippen LogP) is 4.90. The molecule has 48 heavy (non-hydrogen) atoms. The van der Waals surface area contributed by atoms with E-state index in [2.05, 4.69) is 11.9 Å². The van der Waals surface area contributed by atoms with Crippen LogP contribution in [0, 0.1) is 25.7 Å². The number of ether oxygens (including phenoxy) is 2. The van der Waals surface area contributed by atoms with Crippen LogP contribution >= 0.6 is 0 Å². The fraction of sp³-hybridized carbons (Fsp3) is 0.432. The molecule has 11 nitrogen and oxygen atoms in total. The predicted molar refractivity (Wildman–Crippen MR) is 180 cm³/mol. The molecule has 3 amide bonds. The topological polar surface area (TPSA) is 143 Å². The van der Waals surface area contributed by atoms with Crippen LogP contribution in [-0.4, -0.2) is 64.6 Å². The van der Waals surface area contributed by atoms with E-state index in [1.807, 2.05) is 34.6 Å². The molecule has 0 saturated heterocycles. The molecular formula is C37H45N3O8. The molecule has 4 rings (SSSR count). The van der Waals surface area contributed by atoms with Gasteiger partial charge in [-0.05, 0) is 74.4 Å². The Kier molecular flexibility index (Phi) is 11.6. The van der Waals surface area contributed by atoms with Crippen LogP contribution in [0.2, 0.25) is 0 Å². The molecule has 2 N–H and O–H groups in total. The summed E-state index contributed by atoms with van der Waals surface area (Å²) >= 11 is 0. The highest BCUT2D eigenvalue weighted by molar-refractivity contribution is 6.06. The van der Waals surface area contributed by atoms with Gasteiger partial charge in [0, 0.05) is 12.6 Å². The number of aliphatic hydroxyl groups excluding tert-OH is 1. The number of hydrogen-bond donors (Lipinski definition) is 2. The van der Waals surface area contributed by atoms with E-state index in [0.717, 1.165) is 21.6 Å². The van der Waals surface area contributed by atoms with E-state index in [4.69, 9.17) is 9.47 Å². The number of nitrogens with one attached hydrogen (secondary N) is 1. The number of amides is 3. The lowest BCUT2D eigenvalue weighted by atomic mass is 9.91. The summed E-state index contributed by atoms with van der Waals surface area (Å²) in [5, 5.41) is 14.1. The number of carbonyl (C=O) groups excluding carboxylic acids is 5. The van der Waals surface area contributed by atoms with E-state index in [0.29, 0.717) is 28.8 Å². The van der Waals surface area contributed by atoms with Gasteiger partial charge in [-0.15, -0.1) is 0 Å². The molecule has 2 aliphatic rings. The fourth-order valence-corrected chi connectivity index (χ4v) is 5.85. The van der Waals surface area contributed by atoms with Gasteiger partial charge in [0.15, 0.2) is 12.0 Å². The van der Waals surface area contributed by atoms with Gasteiger partial charge in [-0.1, -0.05) is 56.3 Å². The number of ketones is 1. The maximum atomic E-state index is 13.5. The summed E-state index contributed by atoms with van der Waals surface area (Å²) in [6, 6.07) is 9.00. The van der Waals surface area contributed by atoms with Gasteiger partial charge in [-0.3, -0.25) is 19.2 Å². The normalized spacial score (nSPS) is 18.2. The second-order valence-electron chi connectivity index (χ2n) is 13.0. The molecule has 11 heteroatoms. The first-order chi connectivity index (χ1) is 22.7. The van der Waals surface area contributed by atoms with E-state index in [1.165, 1.54) is 11.0 Å². The van der Waals surface area contributed by atoms with Crippen LogP contribution in [-0.2, 0) is 36.9 Å². The number of esters is 1. The van der Waals surface area contributed by atoms with Crippen molar-refractivity contribution in [2.45, 2.75) is 85.7 Å². The van der Waals surface area contributed by atoms with Crippen LogP contribution in [0.3, 0.4) is 0 Å². The summed E-state index contributed by atoms with van der Waals surface area (Å²) < 4.78 is 10.7. The molecule has 0 aliphatic carbocycles. The number of rotatable bonds is 12. The average Bonchev–Trinajstić information content (AvgIpc) is 3.41. The van der Waals surface area contributed by atoms with Gasteiger partial charge in [0.05, 0.1) is 35.7 Å². The van der Waals surface area contributed by atoms with Crippen LogP contribution in [0.15, 0.2) is 60.8 Å². The lowest BCUT2D eigenvalue weighted by Crippen LogP contribution is -2.50. The van der Waals surface area contributed by atoms with Crippen molar-refractivity contribution in [1.82, 2.24) is 10.2 Å². The van der Waals surface area contributed by atoms with Crippen molar-refractivity contribution < 1.29 is 38.6 Å². The molecule has 2 aromatic carbocycles. The smallest absolute Gasteiger partial charge is 0.416 e. The van der Waals surface area contributed by atoms with Gasteiger partial charge in [0.1, 0.15) is 13.2 Å². The number of aryl methyl sites for hydroxylation is 2. The molecule has 0 fully saturated rings. The van der Waals surface area contributed by atoms with Gasteiger partial charge in [0.25, 0.3) is 5.91 Å². The molecule has 0 aromatic heterocycles. The molecule has 2 heterocycles. The lowest BCUT2D eigenvalue weighted by Gasteiger charge is -2.31. The largest absolute Gasteiger partial charge is 0.461 e. The van der Waals surface area contributed by atoms with E-state index in [9.17, 15) is 29.1 Å². The summed E-state index contributed by atoms with van der Waals surface area (Å²) in [6.45, 7) is 14.4. The number of carbonyl (C=O) groups is 5. The van der Waals surface area contributed by atoms with Gasteiger partial charge < -0.3 is 24.8 Å². The van der Waals surface area contributed by atoms with Gasteiger partial charge >= 0.3 is 12.1 Å². The van der Waals surface area contributed by atoms with Crippen molar-refractivity contribution in [3.8, 4) is 0 Å². The maximum absolute atomic E-state index is 13.5. The molecule has 0 spiro atoms. The summed E-state index contributed by atoms with van der Waals surface area (Å²) in [5.74, 6) is -2.18. The van der Waals surface area contributed by atoms with Crippen molar-refractivity contribution in [1.29, 1.82) is 0 Å². The Labute approximate surface area is 281 Å². The summed E-state index contributed by atoms with van der Waals surface area (Å²) in [4.78, 5) is 67.6. The molecule has 2 aromatic rings. The first-order valence-corrected chi connectivity index (χ1v) is 16.1. The third-order valence-corrected chi connectivity index (χ3v) is 8.89. The molecule has 2 aliphatic heterocycles. The monoisotopic (exact) mass is 659 g/mol. The Morgan fingerprint density at radius 3 is 2.31 bits per heavy atom. The lowest BCUT2D eigenvalue weighted by molar-refractivity contribution is -0.146. The Morgan fingerprint density at radius 2 is 1.67 bits per heavy atom. The van der Waals surface area contributed by atoms with Gasteiger partial charge in [-0.2, -0.15) is 0 Å². The second kappa shape index (κ2) is 15.4. The standard InChI is InChI=1S/C37H45N3O8/c1-8-13-47-33(42)18-28(21(2)3)34(43)38-25(7)32(41)17-26-9-11-27(12-10-26)20-48-37(46)40-30-16-24(6)23(5)15-29(30)35(44)39-19-22(4)14-31(39)36(40)45/h8-12,15-16,19,21,25,28,31,36,45H,1,13-14,17-18,20H2,2-7H3,(H,38,43)/t25-,28-,31-,36-/m0/s1. The van der Waals surface area contributed by atoms with Crippen molar-refractivity contribution in [3.63, 3.8) is 0 Å².